The van der Waals surface area contributed by atoms with Crippen LogP contribution in [-0.2, 0) is 10.0 Å². The molecule has 2 N–H and O–H groups in total. The zero-order valence-electron chi connectivity index (χ0n) is 16.9. The van der Waals surface area contributed by atoms with Gasteiger partial charge in [0.2, 0.25) is 10.0 Å². The van der Waals surface area contributed by atoms with Crippen LogP contribution in [0.5, 0.6) is 0 Å². The minimum absolute atomic E-state index is 0.0598. The van der Waals surface area contributed by atoms with Gasteiger partial charge in [-0.25, -0.2) is 17.8 Å². The Labute approximate surface area is 174 Å². The Hall–Kier alpha value is -2.85. The highest BCUT2D eigenvalue weighted by atomic mass is 32.2. The van der Waals surface area contributed by atoms with E-state index < -0.39 is 10.0 Å². The van der Waals surface area contributed by atoms with Crippen molar-refractivity contribution in [2.45, 2.75) is 32.2 Å². The summed E-state index contributed by atoms with van der Waals surface area (Å²) >= 11 is 0. The summed E-state index contributed by atoms with van der Waals surface area (Å²) in [5, 5.41) is 13.1. The Kier molecular flexibility index (Phi) is 5.52. The average molecular weight is 429 g/mol. The largest absolute Gasteiger partial charge is 0.350 e. The third-order valence-corrected chi connectivity index (χ3v) is 6.28. The fourth-order valence-electron chi connectivity index (χ4n) is 4.08. The van der Waals surface area contributed by atoms with E-state index >= 15 is 0 Å². The molecule has 1 aromatic carbocycles. The highest BCUT2D eigenvalue weighted by molar-refractivity contribution is 7.88. The van der Waals surface area contributed by atoms with Crippen molar-refractivity contribution in [3.63, 3.8) is 0 Å². The fourth-order valence-corrected chi connectivity index (χ4v) is 4.94. The number of hydrogen-bond donors (Lipinski definition) is 2. The number of carbonyl (C=O) groups is 1. The van der Waals surface area contributed by atoms with Gasteiger partial charge in [0.05, 0.1) is 17.6 Å². The topological polar surface area (TPSA) is 119 Å². The molecule has 0 spiro atoms. The first kappa shape index (κ1) is 20.4. The molecule has 0 unspecified atom stereocenters. The first-order valence-electron chi connectivity index (χ1n) is 9.84. The molecule has 1 aliphatic carbocycles. The van der Waals surface area contributed by atoms with Crippen molar-refractivity contribution in [2.75, 3.05) is 12.8 Å². The van der Waals surface area contributed by atoms with Crippen LogP contribution >= 0.6 is 0 Å². The van der Waals surface area contributed by atoms with Gasteiger partial charge in [-0.2, -0.15) is 0 Å². The van der Waals surface area contributed by atoms with Crippen LogP contribution in [0, 0.1) is 12.8 Å². The first-order chi connectivity index (χ1) is 14.3. The number of nitrogens with zero attached hydrogens (tertiary/aromatic N) is 4. The van der Waals surface area contributed by atoms with Crippen LogP contribution in [-0.4, -0.2) is 53.1 Å². The number of nitrogens with one attached hydrogen (secondary N) is 2. The third-order valence-electron chi connectivity index (χ3n) is 5.54. The van der Waals surface area contributed by atoms with E-state index in [1.54, 1.807) is 24.0 Å². The van der Waals surface area contributed by atoms with Crippen LogP contribution < -0.4 is 10.0 Å². The van der Waals surface area contributed by atoms with E-state index in [2.05, 4.69) is 25.3 Å². The number of hydrogen-bond acceptors (Lipinski definition) is 6. The lowest BCUT2D eigenvalue weighted by Crippen LogP contribution is -2.41. The third kappa shape index (κ3) is 4.19. The molecule has 1 aliphatic rings. The molecule has 0 saturated heterocycles. The lowest BCUT2D eigenvalue weighted by Gasteiger charge is -2.20. The molecule has 4 rings (SSSR count). The molecule has 30 heavy (non-hydrogen) atoms. The van der Waals surface area contributed by atoms with Gasteiger partial charge in [0.15, 0.2) is 5.69 Å². The number of amides is 1. The average Bonchev–Trinajstić information content (AvgIpc) is 3.30. The summed E-state index contributed by atoms with van der Waals surface area (Å²) in [4.78, 5) is 16.9. The quantitative estimate of drug-likeness (QED) is 0.615. The molecule has 9 nitrogen and oxygen atoms in total. The van der Waals surface area contributed by atoms with Crippen LogP contribution in [0.15, 0.2) is 36.7 Å². The molecule has 2 aromatic heterocycles. The zero-order chi connectivity index (χ0) is 21.3. The van der Waals surface area contributed by atoms with Gasteiger partial charge in [0, 0.05) is 35.8 Å². The van der Waals surface area contributed by atoms with Crippen molar-refractivity contribution in [2.24, 2.45) is 5.92 Å². The van der Waals surface area contributed by atoms with Crippen molar-refractivity contribution in [1.82, 2.24) is 30.0 Å². The number of benzene rings is 1. The van der Waals surface area contributed by atoms with Crippen molar-refractivity contribution >= 4 is 26.7 Å². The lowest BCUT2D eigenvalue weighted by atomic mass is 10.0. The molecule has 158 valence electrons. The Morgan fingerprint density at radius 3 is 2.90 bits per heavy atom. The summed E-state index contributed by atoms with van der Waals surface area (Å²) in [6.45, 7) is 2.19. The molecule has 1 saturated carbocycles. The highest BCUT2D eigenvalue weighted by Crippen LogP contribution is 2.26. The van der Waals surface area contributed by atoms with Crippen LogP contribution in [0.2, 0.25) is 0 Å². The number of fused-ring (bicyclic) bond motifs is 1. The van der Waals surface area contributed by atoms with Crippen LogP contribution in [0.25, 0.3) is 16.5 Å². The monoisotopic (exact) mass is 428 g/mol. The standard InChI is InChI=1S/C20H24N6O3S/c1-13-19(20(27)22-12-15-6-3-7-17(15)24-30(2,28)29)23-25-26(13)18-8-4-5-14-11-21-10-9-16(14)18/h4-5,8-11,15,17,24H,3,6-7,12H2,1-2H3,(H,22,27)/t15-,17-/m1/s1. The zero-order valence-corrected chi connectivity index (χ0v) is 17.7. The lowest BCUT2D eigenvalue weighted by molar-refractivity contribution is 0.0940. The second-order valence-electron chi connectivity index (χ2n) is 7.71. The first-order valence-corrected chi connectivity index (χ1v) is 11.7. The smallest absolute Gasteiger partial charge is 0.273 e. The molecule has 1 amide bonds. The SMILES string of the molecule is Cc1c(C(=O)NC[C@H]2CCC[C@H]2NS(C)(=O)=O)nnn1-c1cccc2cnccc12. The molecule has 3 aromatic rings. The van der Waals surface area contributed by atoms with E-state index in [1.807, 2.05) is 24.3 Å². The molecule has 2 atom stereocenters. The van der Waals surface area contributed by atoms with Gasteiger partial charge >= 0.3 is 0 Å². The van der Waals surface area contributed by atoms with Gasteiger partial charge in [-0.3, -0.25) is 9.78 Å². The summed E-state index contributed by atoms with van der Waals surface area (Å²) in [5.74, 6) is -0.254. The molecule has 2 heterocycles. The van der Waals surface area contributed by atoms with Crippen LogP contribution in [0.1, 0.15) is 35.4 Å². The van der Waals surface area contributed by atoms with Gasteiger partial charge in [0.1, 0.15) is 0 Å². The van der Waals surface area contributed by atoms with E-state index in [0.29, 0.717) is 12.2 Å². The summed E-state index contributed by atoms with van der Waals surface area (Å²) < 4.78 is 27.4. The van der Waals surface area contributed by atoms with Gasteiger partial charge in [-0.05, 0) is 37.8 Å². The Balaban J connectivity index is 1.50. The van der Waals surface area contributed by atoms with E-state index in [0.717, 1.165) is 42.0 Å². The second kappa shape index (κ2) is 8.11. The van der Waals surface area contributed by atoms with E-state index in [1.165, 1.54) is 0 Å². The second-order valence-corrected chi connectivity index (χ2v) is 9.49. The number of carbonyl (C=O) groups excluding carboxylic acids is 1. The van der Waals surface area contributed by atoms with Crippen LogP contribution in [0.4, 0.5) is 0 Å². The number of sulfonamides is 1. The summed E-state index contributed by atoms with van der Waals surface area (Å²) in [7, 11) is -3.28. The Morgan fingerprint density at radius 1 is 1.27 bits per heavy atom. The Morgan fingerprint density at radius 2 is 2.10 bits per heavy atom. The number of pyridine rings is 1. The molecule has 0 radical (unpaired) electrons. The fraction of sp³-hybridized carbons (Fsp3) is 0.400. The number of rotatable bonds is 6. The van der Waals surface area contributed by atoms with Gasteiger partial charge in [-0.1, -0.05) is 23.8 Å². The predicted octanol–water partition coefficient (Wildman–Crippen LogP) is 1.57. The van der Waals surface area contributed by atoms with Gasteiger partial charge in [-0.15, -0.1) is 5.10 Å². The maximum atomic E-state index is 12.7. The molecular weight excluding hydrogens is 404 g/mol. The molecule has 0 aliphatic heterocycles. The van der Waals surface area contributed by atoms with Gasteiger partial charge in [0.25, 0.3) is 5.91 Å². The minimum Gasteiger partial charge on any atom is -0.350 e. The Bertz CT molecular complexity index is 1180. The molecule has 10 heteroatoms. The van der Waals surface area contributed by atoms with Crippen molar-refractivity contribution in [1.29, 1.82) is 0 Å². The van der Waals surface area contributed by atoms with Crippen molar-refractivity contribution in [3.8, 4) is 5.69 Å². The predicted molar refractivity (Wildman–Crippen MR) is 113 cm³/mol. The van der Waals surface area contributed by atoms with E-state index in [9.17, 15) is 13.2 Å². The molecule has 1 fully saturated rings. The van der Waals surface area contributed by atoms with E-state index in [4.69, 9.17) is 0 Å². The maximum Gasteiger partial charge on any atom is 0.273 e. The highest BCUT2D eigenvalue weighted by Gasteiger charge is 2.30. The molecule has 0 bridgehead atoms. The summed E-state index contributed by atoms with van der Waals surface area (Å²) in [5.41, 5.74) is 1.72. The summed E-state index contributed by atoms with van der Waals surface area (Å²) in [6, 6.07) is 7.55. The maximum absolute atomic E-state index is 12.7. The van der Waals surface area contributed by atoms with Crippen molar-refractivity contribution in [3.05, 3.63) is 48.0 Å². The number of aromatic nitrogens is 4. The minimum atomic E-state index is -3.28. The van der Waals surface area contributed by atoms with Crippen molar-refractivity contribution < 1.29 is 13.2 Å². The van der Waals surface area contributed by atoms with Crippen LogP contribution in [0.3, 0.4) is 0 Å². The summed E-state index contributed by atoms with van der Waals surface area (Å²) in [6.07, 6.45) is 7.22. The van der Waals surface area contributed by atoms with E-state index in [-0.39, 0.29) is 23.6 Å². The van der Waals surface area contributed by atoms with Gasteiger partial charge < -0.3 is 5.32 Å². The molecular formula is C20H24N6O3S. The normalized spacial score (nSPS) is 19.3.